The average molecular weight is 333 g/mol. The third-order valence-electron chi connectivity index (χ3n) is 2.79. The number of halogens is 1. The smallest absolute Gasteiger partial charge is 0.271 e. The van der Waals surface area contributed by atoms with Crippen LogP contribution in [0, 0.1) is 10.1 Å². The normalized spacial score (nSPS) is 10.7. The number of rotatable bonds is 4. The zero-order valence-corrected chi connectivity index (χ0v) is 12.7. The Morgan fingerprint density at radius 1 is 1.35 bits per heavy atom. The van der Waals surface area contributed by atoms with Gasteiger partial charge in [0.25, 0.3) is 5.69 Å². The number of carbonyl (C=O) groups is 1. The van der Waals surface area contributed by atoms with Gasteiger partial charge >= 0.3 is 0 Å². The molecule has 0 heterocycles. The molecular formula is C15H11ClN3O4-. The lowest BCUT2D eigenvalue weighted by Crippen LogP contribution is -2.05. The highest BCUT2D eigenvalue weighted by Crippen LogP contribution is 2.29. The minimum absolute atomic E-state index is 0.00845. The van der Waals surface area contributed by atoms with E-state index in [1.165, 1.54) is 13.1 Å². The molecule has 2 rings (SSSR count). The van der Waals surface area contributed by atoms with E-state index in [1.54, 1.807) is 24.3 Å². The molecule has 0 unspecified atom stereocenters. The molecule has 0 fully saturated rings. The van der Waals surface area contributed by atoms with Crippen LogP contribution in [0.25, 0.3) is 0 Å². The van der Waals surface area contributed by atoms with Crippen molar-refractivity contribution in [2.75, 3.05) is 5.32 Å². The number of carbonyl (C=O) groups excluding carboxylic acids is 1. The summed E-state index contributed by atoms with van der Waals surface area (Å²) in [6.07, 6.45) is 1.20. The molecule has 0 spiro atoms. The van der Waals surface area contributed by atoms with Crippen LogP contribution in [0.2, 0.25) is 5.02 Å². The van der Waals surface area contributed by atoms with Crippen LogP contribution in [0.5, 0.6) is 5.75 Å². The number of non-ortho nitro benzene ring substituents is 1. The summed E-state index contributed by atoms with van der Waals surface area (Å²) in [5, 5.41) is 25.0. The van der Waals surface area contributed by atoms with Gasteiger partial charge < -0.3 is 10.4 Å². The van der Waals surface area contributed by atoms with Crippen LogP contribution in [0.15, 0.2) is 41.4 Å². The van der Waals surface area contributed by atoms with Gasteiger partial charge in [-0.1, -0.05) is 23.4 Å². The maximum atomic E-state index is 11.9. The molecule has 2 aromatic rings. The van der Waals surface area contributed by atoms with Crippen molar-refractivity contribution in [3.05, 3.63) is 57.1 Å². The second-order valence-electron chi connectivity index (χ2n) is 4.59. The van der Waals surface area contributed by atoms with E-state index in [2.05, 4.69) is 10.3 Å². The molecule has 0 saturated heterocycles. The molecule has 0 radical (unpaired) electrons. The van der Waals surface area contributed by atoms with Gasteiger partial charge in [-0.05, 0) is 23.8 Å². The zero-order chi connectivity index (χ0) is 17.0. The van der Waals surface area contributed by atoms with Gasteiger partial charge in [-0.3, -0.25) is 19.9 Å². The highest BCUT2D eigenvalue weighted by atomic mass is 35.5. The Labute approximate surface area is 136 Å². The van der Waals surface area contributed by atoms with Crippen molar-refractivity contribution in [3.8, 4) is 5.75 Å². The lowest BCUT2D eigenvalue weighted by atomic mass is 10.2. The minimum Gasteiger partial charge on any atom is -0.871 e. The van der Waals surface area contributed by atoms with Gasteiger partial charge in [-0.15, -0.1) is 0 Å². The van der Waals surface area contributed by atoms with Gasteiger partial charge in [0.1, 0.15) is 0 Å². The third kappa shape index (κ3) is 4.27. The van der Waals surface area contributed by atoms with Crippen molar-refractivity contribution in [2.24, 2.45) is 4.99 Å². The standard InChI is InChI=1S/C15H12ClN3O4/c1-9(20)18-12-4-2-3-11(6-12)17-8-10-5-13(19(22)23)7-14(16)15(10)21/h2-8,21H,1H3,(H,18,20)/p-1. The van der Waals surface area contributed by atoms with E-state index in [9.17, 15) is 20.0 Å². The minimum atomic E-state index is -0.639. The lowest BCUT2D eigenvalue weighted by Gasteiger charge is -2.11. The summed E-state index contributed by atoms with van der Waals surface area (Å²) in [6, 6.07) is 8.72. The fraction of sp³-hybridized carbons (Fsp3) is 0.0667. The average Bonchev–Trinajstić information content (AvgIpc) is 2.48. The predicted octanol–water partition coefficient (Wildman–Crippen LogP) is 3.03. The number of aliphatic imine (C=N–C) groups is 1. The summed E-state index contributed by atoms with van der Waals surface area (Å²) in [7, 11) is 0. The van der Waals surface area contributed by atoms with E-state index < -0.39 is 10.7 Å². The second-order valence-corrected chi connectivity index (χ2v) is 5.00. The quantitative estimate of drug-likeness (QED) is 0.527. The number of hydrogen-bond acceptors (Lipinski definition) is 5. The van der Waals surface area contributed by atoms with Crippen LogP contribution in [-0.4, -0.2) is 17.0 Å². The first-order valence-electron chi connectivity index (χ1n) is 6.43. The Morgan fingerprint density at radius 2 is 2.09 bits per heavy atom. The molecule has 118 valence electrons. The van der Waals surface area contributed by atoms with Gasteiger partial charge in [0.2, 0.25) is 5.91 Å². The largest absolute Gasteiger partial charge is 0.871 e. The highest BCUT2D eigenvalue weighted by molar-refractivity contribution is 6.32. The van der Waals surface area contributed by atoms with Gasteiger partial charge in [0, 0.05) is 36.0 Å². The fourth-order valence-corrected chi connectivity index (χ4v) is 2.03. The van der Waals surface area contributed by atoms with Crippen LogP contribution in [0.4, 0.5) is 17.1 Å². The van der Waals surface area contributed by atoms with Crippen molar-refractivity contribution >= 4 is 40.8 Å². The fourth-order valence-electron chi connectivity index (χ4n) is 1.81. The van der Waals surface area contributed by atoms with Gasteiger partial charge in [-0.2, -0.15) is 0 Å². The van der Waals surface area contributed by atoms with Crippen LogP contribution in [0.3, 0.4) is 0 Å². The van der Waals surface area contributed by atoms with Gasteiger partial charge in [0.05, 0.1) is 10.6 Å². The summed E-state index contributed by atoms with van der Waals surface area (Å²) < 4.78 is 0. The number of hydrogen-bond donors (Lipinski definition) is 1. The van der Waals surface area contributed by atoms with E-state index in [0.717, 1.165) is 12.1 Å². The molecule has 0 aliphatic carbocycles. The topological polar surface area (TPSA) is 108 Å². The molecule has 0 aromatic heterocycles. The maximum absolute atomic E-state index is 11.9. The number of nitrogens with one attached hydrogen (secondary N) is 1. The van der Waals surface area contributed by atoms with E-state index in [0.29, 0.717) is 11.4 Å². The Balaban J connectivity index is 2.33. The number of anilines is 1. The first kappa shape index (κ1) is 16.4. The van der Waals surface area contributed by atoms with Crippen LogP contribution in [-0.2, 0) is 4.79 Å². The van der Waals surface area contributed by atoms with E-state index in [4.69, 9.17) is 11.6 Å². The molecule has 0 saturated carbocycles. The van der Waals surface area contributed by atoms with Crippen LogP contribution < -0.4 is 10.4 Å². The lowest BCUT2D eigenvalue weighted by molar-refractivity contribution is -0.385. The Kier molecular flexibility index (Phi) is 4.92. The monoisotopic (exact) mass is 332 g/mol. The van der Waals surface area contributed by atoms with Crippen molar-refractivity contribution in [1.29, 1.82) is 0 Å². The summed E-state index contributed by atoms with van der Waals surface area (Å²) in [5.41, 5.74) is 0.738. The summed E-state index contributed by atoms with van der Waals surface area (Å²) in [5.74, 6) is -0.766. The first-order valence-corrected chi connectivity index (χ1v) is 6.81. The van der Waals surface area contributed by atoms with Crippen molar-refractivity contribution in [1.82, 2.24) is 0 Å². The maximum Gasteiger partial charge on any atom is 0.271 e. The van der Waals surface area contributed by atoms with Gasteiger partial charge in [-0.25, -0.2) is 0 Å². The Hall–Kier alpha value is -2.93. The zero-order valence-electron chi connectivity index (χ0n) is 11.9. The predicted molar refractivity (Wildman–Crippen MR) is 85.6 cm³/mol. The summed E-state index contributed by atoms with van der Waals surface area (Å²) >= 11 is 5.70. The molecule has 0 atom stereocenters. The third-order valence-corrected chi connectivity index (χ3v) is 3.07. The molecule has 0 aliphatic heterocycles. The van der Waals surface area contributed by atoms with Crippen LogP contribution >= 0.6 is 11.6 Å². The molecule has 1 N–H and O–H groups in total. The first-order chi connectivity index (χ1) is 10.9. The molecule has 2 aromatic carbocycles. The SMILES string of the molecule is CC(=O)Nc1cccc(N=Cc2cc([N+](=O)[O-])cc(Cl)c2[O-])c1. The number of nitrogens with zero attached hydrogens (tertiary/aromatic N) is 2. The molecule has 23 heavy (non-hydrogen) atoms. The second kappa shape index (κ2) is 6.89. The van der Waals surface area contributed by atoms with E-state index >= 15 is 0 Å². The molecule has 1 amide bonds. The van der Waals surface area contributed by atoms with Crippen LogP contribution in [0.1, 0.15) is 12.5 Å². The number of amides is 1. The highest BCUT2D eigenvalue weighted by Gasteiger charge is 2.09. The van der Waals surface area contributed by atoms with Crippen molar-refractivity contribution < 1.29 is 14.8 Å². The van der Waals surface area contributed by atoms with Crippen molar-refractivity contribution in [3.63, 3.8) is 0 Å². The molecular weight excluding hydrogens is 322 g/mol. The Bertz CT molecular complexity index is 805. The number of benzene rings is 2. The number of nitro benzene ring substituents is 1. The summed E-state index contributed by atoms with van der Waals surface area (Å²) in [6.45, 7) is 1.38. The molecule has 7 nitrogen and oxygen atoms in total. The Morgan fingerprint density at radius 3 is 2.74 bits per heavy atom. The molecule has 0 aliphatic rings. The van der Waals surface area contributed by atoms with Crippen molar-refractivity contribution in [2.45, 2.75) is 6.92 Å². The molecule has 8 heteroatoms. The van der Waals surface area contributed by atoms with Gasteiger partial charge in [0.15, 0.2) is 0 Å². The van der Waals surface area contributed by atoms with E-state index in [-0.39, 0.29) is 22.2 Å². The number of nitro groups is 1. The van der Waals surface area contributed by atoms with E-state index in [1.807, 2.05) is 0 Å². The molecule has 0 bridgehead atoms. The summed E-state index contributed by atoms with van der Waals surface area (Å²) in [4.78, 5) is 25.3.